The van der Waals surface area contributed by atoms with Crippen molar-refractivity contribution in [1.82, 2.24) is 19.9 Å². The minimum absolute atomic E-state index is 0.0167. The number of nitrogens with zero attached hydrogens (tertiary/aromatic N) is 9. The lowest BCUT2D eigenvalue weighted by atomic mass is 10.1. The quantitative estimate of drug-likeness (QED) is 0.612. The van der Waals surface area contributed by atoms with Gasteiger partial charge in [-0.05, 0) is 32.4 Å². The monoisotopic (exact) mass is 427 g/mol. The van der Waals surface area contributed by atoms with Crippen LogP contribution in [0.1, 0.15) is 39.7 Å². The van der Waals surface area contributed by atoms with Crippen LogP contribution in [-0.2, 0) is 0 Å². The van der Waals surface area contributed by atoms with E-state index in [4.69, 9.17) is 0 Å². The molecule has 1 aromatic carbocycles. The third-order valence-electron chi connectivity index (χ3n) is 4.39. The van der Waals surface area contributed by atoms with Crippen molar-refractivity contribution in [3.05, 3.63) is 63.5 Å². The fourth-order valence-corrected chi connectivity index (χ4v) is 2.94. The molecule has 0 N–H and O–H groups in total. The van der Waals surface area contributed by atoms with Gasteiger partial charge < -0.3 is 0 Å². The summed E-state index contributed by atoms with van der Waals surface area (Å²) in [6, 6.07) is 9.29. The van der Waals surface area contributed by atoms with Crippen molar-refractivity contribution in [1.29, 1.82) is 21.0 Å². The van der Waals surface area contributed by atoms with Crippen LogP contribution in [0.5, 0.6) is 0 Å². The Morgan fingerprint density at radius 2 is 1.09 bits per heavy atom. The lowest BCUT2D eigenvalue weighted by molar-refractivity contribution is 0.503. The highest BCUT2D eigenvalue weighted by Gasteiger charge is 2.26. The molecule has 0 aliphatic carbocycles. The number of anilines is 3. The minimum atomic E-state index is -1.15. The summed E-state index contributed by atoms with van der Waals surface area (Å²) in [6.45, 7) is 4.36. The fourth-order valence-electron chi connectivity index (χ4n) is 2.94. The maximum atomic E-state index is 14.3. The van der Waals surface area contributed by atoms with Gasteiger partial charge in [0.2, 0.25) is 0 Å². The maximum absolute atomic E-state index is 14.3. The molecule has 0 amide bonds. The zero-order valence-corrected chi connectivity index (χ0v) is 16.9. The van der Waals surface area contributed by atoms with Gasteiger partial charge in [0.25, 0.3) is 0 Å². The van der Waals surface area contributed by atoms with E-state index in [-0.39, 0.29) is 57.1 Å². The van der Waals surface area contributed by atoms with Gasteiger partial charge in [0.05, 0.1) is 17.1 Å². The van der Waals surface area contributed by atoms with Crippen molar-refractivity contribution >= 4 is 17.3 Å². The summed E-state index contributed by atoms with van der Waals surface area (Å²) in [4.78, 5) is 17.8. The van der Waals surface area contributed by atoms with Crippen molar-refractivity contribution in [3.8, 4) is 24.3 Å². The Morgan fingerprint density at radius 1 is 0.688 bits per heavy atom. The summed E-state index contributed by atoms with van der Waals surface area (Å²) in [7, 11) is 0. The van der Waals surface area contributed by atoms with Gasteiger partial charge in [0.1, 0.15) is 24.3 Å². The zero-order valence-electron chi connectivity index (χ0n) is 16.9. The minimum Gasteiger partial charge on any atom is -0.276 e. The Morgan fingerprint density at radius 3 is 1.47 bits per heavy atom. The van der Waals surface area contributed by atoms with Crippen LogP contribution >= 0.6 is 0 Å². The molecule has 3 rings (SSSR count). The molecule has 154 valence electrons. The van der Waals surface area contributed by atoms with Crippen LogP contribution < -0.4 is 4.90 Å². The summed E-state index contributed by atoms with van der Waals surface area (Å²) in [5, 5.41) is 37.2. The average molecular weight is 427 g/mol. The molecule has 0 aliphatic rings. The molecule has 2 aromatic heterocycles. The van der Waals surface area contributed by atoms with Crippen LogP contribution in [0.25, 0.3) is 0 Å². The highest BCUT2D eigenvalue weighted by Crippen LogP contribution is 2.37. The number of rotatable bonds is 3. The van der Waals surface area contributed by atoms with Gasteiger partial charge in [-0.15, -0.1) is 0 Å². The van der Waals surface area contributed by atoms with Crippen LogP contribution in [0.15, 0.2) is 12.1 Å². The second-order valence-electron chi connectivity index (χ2n) is 6.50. The SMILES string of the molecule is Cc1cc(N(c2nc(C#N)c(C#N)nc2C)c2nc(C#N)c(C#N)nc2C)cc(F)c1F. The zero-order chi connectivity index (χ0) is 23.6. The Labute approximate surface area is 181 Å². The van der Waals surface area contributed by atoms with Gasteiger partial charge in [0, 0.05) is 6.07 Å². The first-order chi connectivity index (χ1) is 15.2. The predicted molar refractivity (Wildman–Crippen MR) is 105 cm³/mol. The van der Waals surface area contributed by atoms with Crippen LogP contribution in [-0.4, -0.2) is 19.9 Å². The molecule has 0 bridgehead atoms. The van der Waals surface area contributed by atoms with E-state index >= 15 is 0 Å². The van der Waals surface area contributed by atoms with Gasteiger partial charge >= 0.3 is 0 Å². The molecule has 0 aliphatic heterocycles. The largest absolute Gasteiger partial charge is 0.276 e. The number of benzene rings is 1. The molecule has 2 heterocycles. The summed E-state index contributed by atoms with van der Waals surface area (Å²) < 4.78 is 28.3. The van der Waals surface area contributed by atoms with Crippen molar-refractivity contribution in [2.24, 2.45) is 0 Å². The van der Waals surface area contributed by atoms with Crippen molar-refractivity contribution < 1.29 is 8.78 Å². The topological polar surface area (TPSA) is 150 Å². The summed E-state index contributed by atoms with van der Waals surface area (Å²) >= 11 is 0. The molecule has 0 radical (unpaired) electrons. The molecule has 3 aromatic rings. The first-order valence-electron chi connectivity index (χ1n) is 8.89. The second kappa shape index (κ2) is 8.39. The number of hydrogen-bond donors (Lipinski definition) is 0. The molecule has 32 heavy (non-hydrogen) atoms. The molecular weight excluding hydrogens is 416 g/mol. The molecule has 0 saturated heterocycles. The van der Waals surface area contributed by atoms with Crippen LogP contribution in [0.4, 0.5) is 26.1 Å². The predicted octanol–water partition coefficient (Wildman–Crippen LogP) is 3.43. The van der Waals surface area contributed by atoms with Crippen molar-refractivity contribution in [2.75, 3.05) is 4.90 Å². The lowest BCUT2D eigenvalue weighted by Crippen LogP contribution is -2.20. The van der Waals surface area contributed by atoms with Crippen molar-refractivity contribution in [3.63, 3.8) is 0 Å². The number of aromatic nitrogens is 4. The molecule has 9 nitrogen and oxygen atoms in total. The first-order valence-corrected chi connectivity index (χ1v) is 8.89. The van der Waals surface area contributed by atoms with E-state index < -0.39 is 11.6 Å². The molecule has 0 unspecified atom stereocenters. The Bertz CT molecular complexity index is 1330. The maximum Gasteiger partial charge on any atom is 0.179 e. The lowest BCUT2D eigenvalue weighted by Gasteiger charge is -2.26. The first kappa shape index (κ1) is 21.7. The van der Waals surface area contributed by atoms with E-state index in [1.54, 1.807) is 24.3 Å². The smallest absolute Gasteiger partial charge is 0.179 e. The second-order valence-corrected chi connectivity index (χ2v) is 6.50. The summed E-state index contributed by atoms with van der Waals surface area (Å²) in [5.41, 5.74) is -0.637. The van der Waals surface area contributed by atoms with Gasteiger partial charge in [-0.2, -0.15) is 21.0 Å². The molecule has 11 heteroatoms. The number of nitriles is 4. The van der Waals surface area contributed by atoms with Crippen molar-refractivity contribution in [2.45, 2.75) is 20.8 Å². The Kier molecular flexibility index (Phi) is 5.69. The van der Waals surface area contributed by atoms with Gasteiger partial charge in [-0.1, -0.05) is 0 Å². The molecule has 0 fully saturated rings. The summed E-state index contributed by atoms with van der Waals surface area (Å²) in [6.07, 6.45) is 0. The third-order valence-corrected chi connectivity index (χ3v) is 4.39. The van der Waals surface area contributed by atoms with E-state index in [1.807, 2.05) is 0 Å². The van der Waals surface area contributed by atoms with Gasteiger partial charge in [-0.3, -0.25) is 4.90 Å². The highest BCUT2D eigenvalue weighted by atomic mass is 19.2. The van der Waals surface area contributed by atoms with Crippen LogP contribution in [0.3, 0.4) is 0 Å². The molecular formula is C21H11F2N9. The number of aryl methyl sites for hydroxylation is 3. The van der Waals surface area contributed by atoms with E-state index in [2.05, 4.69) is 19.9 Å². The highest BCUT2D eigenvalue weighted by molar-refractivity contribution is 5.76. The summed E-state index contributed by atoms with van der Waals surface area (Å²) in [5.74, 6) is -2.23. The number of hydrogen-bond acceptors (Lipinski definition) is 9. The molecule has 0 atom stereocenters. The van der Waals surface area contributed by atoms with E-state index in [1.165, 1.54) is 31.7 Å². The van der Waals surface area contributed by atoms with Gasteiger partial charge in [0.15, 0.2) is 46.0 Å². The van der Waals surface area contributed by atoms with Crippen LogP contribution in [0.2, 0.25) is 0 Å². The molecule has 0 saturated carbocycles. The third kappa shape index (κ3) is 3.63. The average Bonchev–Trinajstić information content (AvgIpc) is 2.78. The van der Waals surface area contributed by atoms with Gasteiger partial charge in [-0.25, -0.2) is 28.7 Å². The van der Waals surface area contributed by atoms with E-state index in [0.717, 1.165) is 6.07 Å². The van der Waals surface area contributed by atoms with E-state index in [9.17, 15) is 29.8 Å². The fraction of sp³-hybridized carbons (Fsp3) is 0.143. The number of halogens is 2. The Balaban J connectivity index is 2.44. The molecule has 0 spiro atoms. The van der Waals surface area contributed by atoms with Crippen LogP contribution in [0, 0.1) is 77.7 Å². The standard InChI is InChI=1S/C21H11F2N9/c1-10-4-13(5-14(22)19(10)23)32(20-11(2)28-15(6-24)17(8-26)30-20)21-12(3)29-16(7-25)18(9-27)31-21/h4-5H,1-3H3. The normalized spacial score (nSPS) is 9.91. The Hall–Kier alpha value is -5.00. The van der Waals surface area contributed by atoms with E-state index in [0.29, 0.717) is 0 Å².